The molecule has 1 atom stereocenters. The van der Waals surface area contributed by atoms with Gasteiger partial charge in [-0.1, -0.05) is 11.6 Å². The first kappa shape index (κ1) is 20.1. The molecule has 0 unspecified atom stereocenters. The van der Waals surface area contributed by atoms with E-state index in [1.807, 2.05) is 18.2 Å². The molecule has 4 rings (SSSR count). The van der Waals surface area contributed by atoms with E-state index in [0.29, 0.717) is 23.3 Å². The number of anilines is 2. The van der Waals surface area contributed by atoms with E-state index in [0.717, 1.165) is 62.5 Å². The summed E-state index contributed by atoms with van der Waals surface area (Å²) < 4.78 is 5.42. The van der Waals surface area contributed by atoms with Gasteiger partial charge in [0.15, 0.2) is 0 Å². The minimum Gasteiger partial charge on any atom is -0.381 e. The number of pyridine rings is 2. The highest BCUT2D eigenvalue weighted by molar-refractivity contribution is 6.33. The van der Waals surface area contributed by atoms with E-state index in [1.165, 1.54) is 0 Å². The van der Waals surface area contributed by atoms with Crippen molar-refractivity contribution in [2.75, 3.05) is 43.5 Å². The molecule has 0 bridgehead atoms. The summed E-state index contributed by atoms with van der Waals surface area (Å²) in [5, 5.41) is 10.1. The van der Waals surface area contributed by atoms with Crippen molar-refractivity contribution in [1.82, 2.24) is 15.3 Å². The van der Waals surface area contributed by atoms with Crippen LogP contribution in [0.15, 0.2) is 30.6 Å². The van der Waals surface area contributed by atoms with Gasteiger partial charge in [0.2, 0.25) is 5.91 Å². The lowest BCUT2D eigenvalue weighted by Crippen LogP contribution is -2.25. The smallest absolute Gasteiger partial charge is 0.229 e. The fourth-order valence-corrected chi connectivity index (χ4v) is 3.94. The molecule has 154 valence electrons. The number of hydrogen-bond donors (Lipinski definition) is 3. The maximum absolute atomic E-state index is 12.4. The molecule has 29 heavy (non-hydrogen) atoms. The molecule has 2 aromatic rings. The molecule has 2 fully saturated rings. The van der Waals surface area contributed by atoms with Gasteiger partial charge >= 0.3 is 0 Å². The minimum atomic E-state index is -0.0159. The number of halogens is 1. The number of rotatable bonds is 6. The third-order valence-corrected chi connectivity index (χ3v) is 5.82. The third-order valence-electron chi connectivity index (χ3n) is 5.52. The zero-order valence-electron chi connectivity index (χ0n) is 16.3. The van der Waals surface area contributed by atoms with Gasteiger partial charge in [0.1, 0.15) is 11.6 Å². The van der Waals surface area contributed by atoms with Crippen LogP contribution in [0.25, 0.3) is 11.1 Å². The molecule has 0 aromatic carbocycles. The highest BCUT2D eigenvalue weighted by Gasteiger charge is 2.23. The molecule has 0 saturated carbocycles. The van der Waals surface area contributed by atoms with E-state index >= 15 is 0 Å². The normalized spacial score (nSPS) is 19.8. The number of carbonyl (C=O) groups excluding carboxylic acids is 1. The summed E-state index contributed by atoms with van der Waals surface area (Å²) in [5.41, 5.74) is 1.75. The lowest BCUT2D eigenvalue weighted by atomic mass is 10.0. The largest absolute Gasteiger partial charge is 0.381 e. The minimum absolute atomic E-state index is 0.00989. The Hall–Kier alpha value is -2.22. The predicted octanol–water partition coefficient (Wildman–Crippen LogP) is 3.18. The van der Waals surface area contributed by atoms with Crippen LogP contribution >= 0.6 is 11.6 Å². The van der Waals surface area contributed by atoms with Crippen molar-refractivity contribution in [2.24, 2.45) is 11.8 Å². The van der Waals surface area contributed by atoms with Crippen LogP contribution in [0.4, 0.5) is 11.6 Å². The molecule has 0 aliphatic carbocycles. The maximum Gasteiger partial charge on any atom is 0.229 e. The molecular weight excluding hydrogens is 390 g/mol. The van der Waals surface area contributed by atoms with Crippen LogP contribution in [0, 0.1) is 11.8 Å². The topological polar surface area (TPSA) is 88.2 Å². The Balaban J connectivity index is 1.46. The van der Waals surface area contributed by atoms with Crippen molar-refractivity contribution in [1.29, 1.82) is 0 Å². The fraction of sp³-hybridized carbons (Fsp3) is 0.476. The maximum atomic E-state index is 12.4. The van der Waals surface area contributed by atoms with Gasteiger partial charge in [-0.25, -0.2) is 9.97 Å². The number of nitrogens with one attached hydrogen (secondary N) is 3. The van der Waals surface area contributed by atoms with Crippen molar-refractivity contribution >= 4 is 29.1 Å². The highest BCUT2D eigenvalue weighted by atomic mass is 35.5. The Morgan fingerprint density at radius 3 is 2.86 bits per heavy atom. The Morgan fingerprint density at radius 1 is 1.21 bits per heavy atom. The summed E-state index contributed by atoms with van der Waals surface area (Å²) in [4.78, 5) is 21.1. The van der Waals surface area contributed by atoms with E-state index in [2.05, 4.69) is 25.9 Å². The Morgan fingerprint density at radius 2 is 2.07 bits per heavy atom. The number of hydrogen-bond acceptors (Lipinski definition) is 6. The molecule has 0 radical (unpaired) electrons. The molecule has 1 amide bonds. The van der Waals surface area contributed by atoms with Crippen LogP contribution in [-0.4, -0.2) is 48.7 Å². The van der Waals surface area contributed by atoms with Gasteiger partial charge < -0.3 is 20.7 Å². The molecule has 2 aliphatic heterocycles. The van der Waals surface area contributed by atoms with Gasteiger partial charge in [-0.15, -0.1) is 0 Å². The summed E-state index contributed by atoms with van der Waals surface area (Å²) in [6.45, 7) is 4.12. The fourth-order valence-electron chi connectivity index (χ4n) is 3.73. The summed E-state index contributed by atoms with van der Waals surface area (Å²) in [7, 11) is 0. The molecule has 2 saturated heterocycles. The van der Waals surface area contributed by atoms with Crippen molar-refractivity contribution in [2.45, 2.75) is 19.3 Å². The van der Waals surface area contributed by atoms with E-state index < -0.39 is 0 Å². The lowest BCUT2D eigenvalue weighted by Gasteiger charge is -2.22. The van der Waals surface area contributed by atoms with Crippen LogP contribution in [0.5, 0.6) is 0 Å². The second kappa shape index (κ2) is 9.52. The zero-order valence-corrected chi connectivity index (χ0v) is 17.0. The molecule has 2 aliphatic rings. The number of ether oxygens (including phenoxy) is 1. The molecule has 3 N–H and O–H groups in total. The van der Waals surface area contributed by atoms with E-state index in [-0.39, 0.29) is 11.8 Å². The highest BCUT2D eigenvalue weighted by Crippen LogP contribution is 2.30. The van der Waals surface area contributed by atoms with Gasteiger partial charge in [0.05, 0.1) is 10.9 Å². The van der Waals surface area contributed by atoms with Crippen LogP contribution in [-0.2, 0) is 9.53 Å². The van der Waals surface area contributed by atoms with Crippen molar-refractivity contribution < 1.29 is 9.53 Å². The van der Waals surface area contributed by atoms with Gasteiger partial charge in [-0.2, -0.15) is 0 Å². The Kier molecular flexibility index (Phi) is 6.59. The SMILES string of the molecule is O=C(Nc1cc(-c2ccnc(NCC3CCOCC3)c2)c(Cl)cn1)[C@@H]1CCNC1. The van der Waals surface area contributed by atoms with Crippen LogP contribution in [0.3, 0.4) is 0 Å². The number of amides is 1. The standard InChI is InChI=1S/C21H26ClN5O2/c22-18-13-26-20(27-21(28)16-1-5-23-12-16)10-17(18)15-2-6-24-19(9-15)25-11-14-3-7-29-8-4-14/h2,6,9-10,13-14,16,23H,1,3-5,7-8,11-12H2,(H,24,25)(H,26,27,28)/t16-/m1/s1. The molecular formula is C21H26ClN5O2. The first-order valence-corrected chi connectivity index (χ1v) is 10.5. The second-order valence-corrected chi connectivity index (χ2v) is 8.00. The van der Waals surface area contributed by atoms with Crippen LogP contribution in [0.1, 0.15) is 19.3 Å². The second-order valence-electron chi connectivity index (χ2n) is 7.59. The third kappa shape index (κ3) is 5.23. The van der Waals surface area contributed by atoms with E-state index in [9.17, 15) is 4.79 Å². The Bertz CT molecular complexity index is 851. The summed E-state index contributed by atoms with van der Waals surface area (Å²) in [6, 6.07) is 5.71. The van der Waals surface area contributed by atoms with Gasteiger partial charge in [-0.05, 0) is 55.5 Å². The number of nitrogens with zero attached hydrogens (tertiary/aromatic N) is 2. The summed E-state index contributed by atoms with van der Waals surface area (Å²) >= 11 is 6.41. The van der Waals surface area contributed by atoms with Crippen LogP contribution < -0.4 is 16.0 Å². The molecule has 2 aromatic heterocycles. The van der Waals surface area contributed by atoms with Crippen molar-refractivity contribution in [3.63, 3.8) is 0 Å². The van der Waals surface area contributed by atoms with Crippen molar-refractivity contribution in [3.05, 3.63) is 35.6 Å². The molecule has 8 heteroatoms. The van der Waals surface area contributed by atoms with Gasteiger partial charge in [0.25, 0.3) is 0 Å². The number of aromatic nitrogens is 2. The average molecular weight is 416 g/mol. The quantitative estimate of drug-likeness (QED) is 0.671. The molecule has 4 heterocycles. The molecule has 0 spiro atoms. The predicted molar refractivity (Wildman–Crippen MR) is 114 cm³/mol. The average Bonchev–Trinajstić information content (AvgIpc) is 3.30. The summed E-state index contributed by atoms with van der Waals surface area (Å²) in [6.07, 6.45) is 6.33. The monoisotopic (exact) mass is 415 g/mol. The molecule has 7 nitrogen and oxygen atoms in total. The first-order valence-electron chi connectivity index (χ1n) is 10.1. The summed E-state index contributed by atoms with van der Waals surface area (Å²) in [5.74, 6) is 1.90. The first-order chi connectivity index (χ1) is 14.2. The van der Waals surface area contributed by atoms with Crippen LogP contribution in [0.2, 0.25) is 5.02 Å². The Labute approximate surface area is 175 Å². The number of carbonyl (C=O) groups is 1. The lowest BCUT2D eigenvalue weighted by molar-refractivity contribution is -0.119. The zero-order chi connectivity index (χ0) is 20.1. The van der Waals surface area contributed by atoms with Gasteiger partial charge in [0, 0.05) is 44.3 Å². The van der Waals surface area contributed by atoms with Gasteiger partial charge in [-0.3, -0.25) is 4.79 Å². The van der Waals surface area contributed by atoms with Crippen molar-refractivity contribution in [3.8, 4) is 11.1 Å². The van der Waals surface area contributed by atoms with E-state index in [1.54, 1.807) is 12.4 Å². The van der Waals surface area contributed by atoms with E-state index in [4.69, 9.17) is 16.3 Å².